The van der Waals surface area contributed by atoms with Crippen LogP contribution in [-0.4, -0.2) is 15.5 Å². The number of nitrogens with zero attached hydrogens (tertiary/aromatic N) is 2. The number of imidazole rings is 1. The molecule has 13 heavy (non-hydrogen) atoms. The third kappa shape index (κ3) is 2.57. The average Bonchev–Trinajstić information content (AvgIpc) is 2.33. The number of aromatic nitrogens is 2. The lowest BCUT2D eigenvalue weighted by atomic mass is 9.96. The molecule has 0 radical (unpaired) electrons. The van der Waals surface area contributed by atoms with Gasteiger partial charge in [-0.1, -0.05) is 20.8 Å². The predicted molar refractivity (Wildman–Crippen MR) is 51.3 cm³/mol. The predicted octanol–water partition coefficient (Wildman–Crippen LogP) is 1.40. The summed E-state index contributed by atoms with van der Waals surface area (Å²) >= 11 is 0. The monoisotopic (exact) mass is 181 g/mol. The summed E-state index contributed by atoms with van der Waals surface area (Å²) in [6, 6.07) is 0. The van der Waals surface area contributed by atoms with Crippen molar-refractivity contribution in [3.8, 4) is 0 Å². The van der Waals surface area contributed by atoms with E-state index in [-0.39, 0.29) is 11.3 Å². The number of aryl methyl sites for hydroxylation is 1. The van der Waals surface area contributed by atoms with Gasteiger partial charge in [0.2, 0.25) is 5.91 Å². The highest BCUT2D eigenvalue weighted by atomic mass is 16.2. The molecule has 4 nitrogen and oxygen atoms in total. The van der Waals surface area contributed by atoms with E-state index < -0.39 is 0 Å². The number of carbonyl (C=O) groups excluding carboxylic acids is 1. The Morgan fingerprint density at radius 1 is 1.54 bits per heavy atom. The van der Waals surface area contributed by atoms with Gasteiger partial charge in [-0.3, -0.25) is 4.79 Å². The van der Waals surface area contributed by atoms with E-state index in [0.29, 0.717) is 5.82 Å². The standard InChI is InChI=1S/C9H15N3O/c1-9(2,3)8(13)11-7-5-12(4)6-10-7/h5-6H,1-4H3,(H,11,13). The molecule has 0 saturated carbocycles. The summed E-state index contributed by atoms with van der Waals surface area (Å²) in [5.41, 5.74) is -0.377. The molecule has 0 atom stereocenters. The van der Waals surface area contributed by atoms with Crippen molar-refractivity contribution >= 4 is 11.7 Å². The second-order valence-corrected chi connectivity index (χ2v) is 4.13. The van der Waals surface area contributed by atoms with Crippen LogP contribution in [0.5, 0.6) is 0 Å². The molecule has 1 amide bonds. The number of hydrogen-bond donors (Lipinski definition) is 1. The molecule has 4 heteroatoms. The fraction of sp³-hybridized carbons (Fsp3) is 0.556. The van der Waals surface area contributed by atoms with Crippen LogP contribution in [0.2, 0.25) is 0 Å². The topological polar surface area (TPSA) is 46.9 Å². The van der Waals surface area contributed by atoms with Gasteiger partial charge in [-0.25, -0.2) is 4.98 Å². The maximum absolute atomic E-state index is 11.5. The van der Waals surface area contributed by atoms with Crippen LogP contribution in [0.4, 0.5) is 5.82 Å². The Kier molecular flexibility index (Phi) is 2.40. The quantitative estimate of drug-likeness (QED) is 0.712. The highest BCUT2D eigenvalue weighted by molar-refractivity contribution is 5.93. The van der Waals surface area contributed by atoms with Crippen molar-refractivity contribution in [1.29, 1.82) is 0 Å². The molecule has 0 saturated heterocycles. The Morgan fingerprint density at radius 3 is 2.54 bits per heavy atom. The van der Waals surface area contributed by atoms with E-state index in [0.717, 1.165) is 0 Å². The third-order valence-corrected chi connectivity index (χ3v) is 1.63. The van der Waals surface area contributed by atoms with E-state index in [2.05, 4.69) is 10.3 Å². The van der Waals surface area contributed by atoms with Gasteiger partial charge >= 0.3 is 0 Å². The first-order chi connectivity index (χ1) is 5.89. The summed E-state index contributed by atoms with van der Waals surface area (Å²) in [7, 11) is 1.86. The molecule has 0 bridgehead atoms. The summed E-state index contributed by atoms with van der Waals surface area (Å²) < 4.78 is 1.79. The second-order valence-electron chi connectivity index (χ2n) is 4.13. The van der Waals surface area contributed by atoms with Crippen LogP contribution < -0.4 is 5.32 Å². The van der Waals surface area contributed by atoms with E-state index in [1.54, 1.807) is 17.1 Å². The molecular formula is C9H15N3O. The molecule has 1 aromatic heterocycles. The summed E-state index contributed by atoms with van der Waals surface area (Å²) in [6.07, 6.45) is 3.42. The zero-order chi connectivity index (χ0) is 10.1. The molecule has 0 unspecified atom stereocenters. The maximum Gasteiger partial charge on any atom is 0.230 e. The molecule has 0 fully saturated rings. The van der Waals surface area contributed by atoms with Crippen LogP contribution in [0, 0.1) is 5.41 Å². The number of carbonyl (C=O) groups is 1. The van der Waals surface area contributed by atoms with Gasteiger partial charge < -0.3 is 9.88 Å². The number of anilines is 1. The van der Waals surface area contributed by atoms with Crippen LogP contribution in [-0.2, 0) is 11.8 Å². The molecule has 0 spiro atoms. The Morgan fingerprint density at radius 2 is 2.15 bits per heavy atom. The van der Waals surface area contributed by atoms with E-state index in [1.165, 1.54) is 0 Å². The molecule has 1 N–H and O–H groups in total. The van der Waals surface area contributed by atoms with Crippen LogP contribution in [0.15, 0.2) is 12.5 Å². The van der Waals surface area contributed by atoms with Crippen LogP contribution in [0.1, 0.15) is 20.8 Å². The largest absolute Gasteiger partial charge is 0.338 e. The molecule has 0 aliphatic carbocycles. The van der Waals surface area contributed by atoms with Gasteiger partial charge in [0, 0.05) is 18.7 Å². The molecule has 72 valence electrons. The Balaban J connectivity index is 2.65. The van der Waals surface area contributed by atoms with Gasteiger partial charge in [0.05, 0.1) is 6.33 Å². The van der Waals surface area contributed by atoms with E-state index in [9.17, 15) is 4.79 Å². The summed E-state index contributed by atoms with van der Waals surface area (Å²) in [5, 5.41) is 2.73. The smallest absolute Gasteiger partial charge is 0.230 e. The van der Waals surface area contributed by atoms with Crippen molar-refractivity contribution in [3.05, 3.63) is 12.5 Å². The van der Waals surface area contributed by atoms with E-state index in [1.807, 2.05) is 27.8 Å². The third-order valence-electron chi connectivity index (χ3n) is 1.63. The Labute approximate surface area is 78.0 Å². The first-order valence-electron chi connectivity index (χ1n) is 4.19. The summed E-state index contributed by atoms with van der Waals surface area (Å²) in [5.74, 6) is 0.577. The minimum atomic E-state index is -0.377. The van der Waals surface area contributed by atoms with Crippen LogP contribution in [0.25, 0.3) is 0 Å². The fourth-order valence-corrected chi connectivity index (χ4v) is 0.781. The number of amides is 1. The highest BCUT2D eigenvalue weighted by Crippen LogP contribution is 2.15. The first-order valence-corrected chi connectivity index (χ1v) is 4.19. The van der Waals surface area contributed by atoms with Gasteiger partial charge in [0.25, 0.3) is 0 Å². The minimum absolute atomic E-state index is 0.0220. The lowest BCUT2D eigenvalue weighted by Crippen LogP contribution is -2.27. The summed E-state index contributed by atoms with van der Waals surface area (Å²) in [6.45, 7) is 5.60. The van der Waals surface area contributed by atoms with Gasteiger partial charge in [-0.2, -0.15) is 0 Å². The van der Waals surface area contributed by atoms with Gasteiger partial charge in [0.1, 0.15) is 0 Å². The van der Waals surface area contributed by atoms with Gasteiger partial charge in [0.15, 0.2) is 5.82 Å². The Hall–Kier alpha value is -1.32. The van der Waals surface area contributed by atoms with Gasteiger partial charge in [-0.15, -0.1) is 0 Å². The molecule has 1 heterocycles. The lowest BCUT2D eigenvalue weighted by molar-refractivity contribution is -0.123. The number of rotatable bonds is 1. The zero-order valence-electron chi connectivity index (χ0n) is 8.46. The molecule has 0 aromatic carbocycles. The van der Waals surface area contributed by atoms with Crippen molar-refractivity contribution in [2.24, 2.45) is 12.5 Å². The minimum Gasteiger partial charge on any atom is -0.338 e. The zero-order valence-corrected chi connectivity index (χ0v) is 8.46. The molecule has 0 aliphatic heterocycles. The maximum atomic E-state index is 11.5. The normalized spacial score (nSPS) is 11.4. The van der Waals surface area contributed by atoms with Crippen LogP contribution >= 0.6 is 0 Å². The SMILES string of the molecule is Cn1cnc(NC(=O)C(C)(C)C)c1. The van der Waals surface area contributed by atoms with E-state index >= 15 is 0 Å². The number of nitrogens with one attached hydrogen (secondary N) is 1. The molecule has 1 rings (SSSR count). The van der Waals surface area contributed by atoms with Crippen molar-refractivity contribution in [3.63, 3.8) is 0 Å². The van der Waals surface area contributed by atoms with Crippen LogP contribution in [0.3, 0.4) is 0 Å². The lowest BCUT2D eigenvalue weighted by Gasteiger charge is -2.16. The Bertz CT molecular complexity index is 309. The first kappa shape index (κ1) is 9.77. The second kappa shape index (κ2) is 3.20. The van der Waals surface area contributed by atoms with Crippen molar-refractivity contribution in [1.82, 2.24) is 9.55 Å². The average molecular weight is 181 g/mol. The van der Waals surface area contributed by atoms with Gasteiger partial charge in [-0.05, 0) is 0 Å². The van der Waals surface area contributed by atoms with E-state index in [4.69, 9.17) is 0 Å². The fourth-order valence-electron chi connectivity index (χ4n) is 0.781. The molecular weight excluding hydrogens is 166 g/mol. The number of hydrogen-bond acceptors (Lipinski definition) is 2. The molecule has 0 aliphatic rings. The summed E-state index contributed by atoms with van der Waals surface area (Å²) in [4.78, 5) is 15.5. The highest BCUT2D eigenvalue weighted by Gasteiger charge is 2.21. The van der Waals surface area contributed by atoms with Crippen molar-refractivity contribution in [2.45, 2.75) is 20.8 Å². The molecule has 1 aromatic rings. The van der Waals surface area contributed by atoms with Crippen molar-refractivity contribution in [2.75, 3.05) is 5.32 Å². The van der Waals surface area contributed by atoms with Crippen molar-refractivity contribution < 1.29 is 4.79 Å².